The molecule has 0 aromatic heterocycles. The maximum absolute atomic E-state index is 9.53. The third kappa shape index (κ3) is 14.5. The summed E-state index contributed by atoms with van der Waals surface area (Å²) in [5, 5.41) is 18.0. The van der Waals surface area contributed by atoms with E-state index in [1.165, 1.54) is 19.3 Å². The Hall–Kier alpha value is -1.48. The lowest BCUT2D eigenvalue weighted by atomic mass is 10.2. The van der Waals surface area contributed by atoms with Gasteiger partial charge in [0.15, 0.2) is 0 Å². The van der Waals surface area contributed by atoms with E-state index < -0.39 is 6.10 Å². The smallest absolute Gasteiger partial charge is 0.0833 e. The minimum Gasteiger partial charge on any atom is -0.392 e. The van der Waals surface area contributed by atoms with Gasteiger partial charge in [-0.1, -0.05) is 61.8 Å². The molecule has 0 rings (SSSR count). The SMILES string of the molecule is CCCCCC#CCC#CCC(O)C=CC=CCO. The Morgan fingerprint density at radius 1 is 1.05 bits per heavy atom. The molecule has 0 saturated heterocycles. The highest BCUT2D eigenvalue weighted by Gasteiger charge is 1.92. The van der Waals surface area contributed by atoms with Crippen molar-refractivity contribution in [1.82, 2.24) is 0 Å². The molecule has 0 aliphatic rings. The molecule has 0 bridgehead atoms. The van der Waals surface area contributed by atoms with Crippen LogP contribution in [0.2, 0.25) is 0 Å². The van der Waals surface area contributed by atoms with Crippen molar-refractivity contribution in [3.63, 3.8) is 0 Å². The van der Waals surface area contributed by atoms with Gasteiger partial charge in [-0.15, -0.1) is 5.92 Å². The highest BCUT2D eigenvalue weighted by Crippen LogP contribution is 1.96. The third-order valence-corrected chi connectivity index (χ3v) is 2.33. The van der Waals surface area contributed by atoms with Crippen LogP contribution in [0.15, 0.2) is 24.3 Å². The second-order valence-electron chi connectivity index (χ2n) is 4.11. The molecule has 2 nitrogen and oxygen atoms in total. The quantitative estimate of drug-likeness (QED) is 0.420. The fourth-order valence-electron chi connectivity index (χ4n) is 1.30. The van der Waals surface area contributed by atoms with E-state index in [1.807, 2.05) is 0 Å². The number of aliphatic hydroxyl groups excluding tert-OH is 2. The normalized spacial score (nSPS) is 11.9. The lowest BCUT2D eigenvalue weighted by molar-refractivity contribution is 0.229. The number of rotatable bonds is 7. The average Bonchev–Trinajstić information content (AvgIpc) is 2.42. The Labute approximate surface area is 117 Å². The van der Waals surface area contributed by atoms with Crippen LogP contribution in [-0.4, -0.2) is 22.9 Å². The van der Waals surface area contributed by atoms with Crippen LogP contribution in [0.25, 0.3) is 0 Å². The molecule has 0 aromatic carbocycles. The van der Waals surface area contributed by atoms with E-state index in [0.717, 1.165) is 6.42 Å². The summed E-state index contributed by atoms with van der Waals surface area (Å²) in [5.41, 5.74) is 0. The third-order valence-electron chi connectivity index (χ3n) is 2.33. The molecule has 1 atom stereocenters. The molecule has 104 valence electrons. The summed E-state index contributed by atoms with van der Waals surface area (Å²) in [6.07, 6.45) is 11.7. The first-order chi connectivity index (χ1) is 9.31. The number of unbranched alkanes of at least 4 members (excludes halogenated alkanes) is 3. The summed E-state index contributed by atoms with van der Waals surface area (Å²) in [4.78, 5) is 0. The largest absolute Gasteiger partial charge is 0.392 e. The molecular formula is C17H24O2. The van der Waals surface area contributed by atoms with Gasteiger partial charge in [-0.3, -0.25) is 0 Å². The van der Waals surface area contributed by atoms with E-state index in [9.17, 15) is 5.11 Å². The summed E-state index contributed by atoms with van der Waals surface area (Å²) in [5.74, 6) is 11.9. The molecule has 2 N–H and O–H groups in total. The molecule has 1 unspecified atom stereocenters. The first kappa shape index (κ1) is 17.5. The average molecular weight is 260 g/mol. The fraction of sp³-hybridized carbons (Fsp3) is 0.529. The molecule has 0 heterocycles. The van der Waals surface area contributed by atoms with E-state index in [0.29, 0.717) is 12.8 Å². The topological polar surface area (TPSA) is 40.5 Å². The number of hydrogen-bond donors (Lipinski definition) is 2. The molecule has 0 fully saturated rings. The van der Waals surface area contributed by atoms with Gasteiger partial charge in [-0.2, -0.15) is 0 Å². The van der Waals surface area contributed by atoms with Gasteiger partial charge in [-0.25, -0.2) is 0 Å². The second kappa shape index (κ2) is 14.6. The predicted octanol–water partition coefficient (Wildman–Crippen LogP) is 2.82. The zero-order chi connectivity index (χ0) is 14.2. The van der Waals surface area contributed by atoms with Gasteiger partial charge in [-0.05, 0) is 6.42 Å². The maximum Gasteiger partial charge on any atom is 0.0833 e. The molecule has 0 aliphatic heterocycles. The molecular weight excluding hydrogens is 236 g/mol. The van der Waals surface area contributed by atoms with E-state index in [2.05, 4.69) is 30.6 Å². The molecule has 0 aromatic rings. The molecule has 19 heavy (non-hydrogen) atoms. The van der Waals surface area contributed by atoms with Crippen LogP contribution in [0.3, 0.4) is 0 Å². The van der Waals surface area contributed by atoms with E-state index in [-0.39, 0.29) is 6.61 Å². The van der Waals surface area contributed by atoms with Crippen molar-refractivity contribution in [3.8, 4) is 23.7 Å². The van der Waals surface area contributed by atoms with Gasteiger partial charge in [0.05, 0.1) is 19.1 Å². The van der Waals surface area contributed by atoms with Crippen molar-refractivity contribution in [2.24, 2.45) is 0 Å². The Kier molecular flexibility index (Phi) is 13.4. The van der Waals surface area contributed by atoms with Crippen LogP contribution < -0.4 is 0 Å². The van der Waals surface area contributed by atoms with Gasteiger partial charge in [0, 0.05) is 12.8 Å². The van der Waals surface area contributed by atoms with Crippen LogP contribution in [-0.2, 0) is 0 Å². The van der Waals surface area contributed by atoms with Crippen LogP contribution in [0, 0.1) is 23.7 Å². The van der Waals surface area contributed by atoms with E-state index in [1.54, 1.807) is 24.3 Å². The molecule has 0 amide bonds. The Bertz CT molecular complexity index is 372. The van der Waals surface area contributed by atoms with Crippen LogP contribution >= 0.6 is 0 Å². The lowest BCUT2D eigenvalue weighted by Gasteiger charge is -1.96. The summed E-state index contributed by atoms with van der Waals surface area (Å²) in [7, 11) is 0. The minimum atomic E-state index is -0.562. The van der Waals surface area contributed by atoms with Gasteiger partial charge in [0.1, 0.15) is 0 Å². The van der Waals surface area contributed by atoms with Crippen molar-refractivity contribution < 1.29 is 10.2 Å². The molecule has 2 heteroatoms. The standard InChI is InChI=1S/C17H24O2/c1-2-3-4-5-6-7-8-9-11-14-17(19)15-12-10-13-16-18/h10,12-13,15,17-19H,2-5,8,14,16H2,1H3. The summed E-state index contributed by atoms with van der Waals surface area (Å²) < 4.78 is 0. The monoisotopic (exact) mass is 260 g/mol. The zero-order valence-electron chi connectivity index (χ0n) is 11.7. The lowest BCUT2D eigenvalue weighted by Crippen LogP contribution is -1.98. The summed E-state index contributed by atoms with van der Waals surface area (Å²) in [6, 6.07) is 0. The Balaban J connectivity index is 3.68. The number of hydrogen-bond acceptors (Lipinski definition) is 2. The minimum absolute atomic E-state index is 0.0111. The van der Waals surface area contributed by atoms with Gasteiger partial charge >= 0.3 is 0 Å². The van der Waals surface area contributed by atoms with E-state index in [4.69, 9.17) is 5.11 Å². The highest BCUT2D eigenvalue weighted by molar-refractivity contribution is 5.13. The molecule has 0 aliphatic carbocycles. The van der Waals surface area contributed by atoms with Crippen molar-refractivity contribution >= 4 is 0 Å². The van der Waals surface area contributed by atoms with Gasteiger partial charge < -0.3 is 10.2 Å². The predicted molar refractivity (Wildman–Crippen MR) is 80.3 cm³/mol. The second-order valence-corrected chi connectivity index (χ2v) is 4.11. The zero-order valence-corrected chi connectivity index (χ0v) is 11.7. The van der Waals surface area contributed by atoms with Crippen LogP contribution in [0.5, 0.6) is 0 Å². The van der Waals surface area contributed by atoms with Crippen molar-refractivity contribution in [2.45, 2.75) is 51.6 Å². The van der Waals surface area contributed by atoms with Crippen molar-refractivity contribution in [2.75, 3.05) is 6.61 Å². The summed E-state index contributed by atoms with van der Waals surface area (Å²) >= 11 is 0. The van der Waals surface area contributed by atoms with Crippen molar-refractivity contribution in [1.29, 1.82) is 0 Å². The van der Waals surface area contributed by atoms with Crippen LogP contribution in [0.4, 0.5) is 0 Å². The maximum atomic E-state index is 9.53. The molecule has 0 radical (unpaired) electrons. The fourth-order valence-corrected chi connectivity index (χ4v) is 1.30. The van der Waals surface area contributed by atoms with Crippen molar-refractivity contribution in [3.05, 3.63) is 24.3 Å². The number of aliphatic hydroxyl groups is 2. The molecule has 0 saturated carbocycles. The highest BCUT2D eigenvalue weighted by atomic mass is 16.3. The molecule has 0 spiro atoms. The number of allylic oxidation sites excluding steroid dienone is 2. The van der Waals surface area contributed by atoms with Crippen LogP contribution in [0.1, 0.15) is 45.4 Å². The Morgan fingerprint density at radius 3 is 2.58 bits per heavy atom. The van der Waals surface area contributed by atoms with Gasteiger partial charge in [0.25, 0.3) is 0 Å². The summed E-state index contributed by atoms with van der Waals surface area (Å²) in [6.45, 7) is 2.19. The Morgan fingerprint density at radius 2 is 1.84 bits per heavy atom. The first-order valence-corrected chi connectivity index (χ1v) is 6.85. The first-order valence-electron chi connectivity index (χ1n) is 6.85. The van der Waals surface area contributed by atoms with Gasteiger partial charge in [0.2, 0.25) is 0 Å². The van der Waals surface area contributed by atoms with E-state index >= 15 is 0 Å².